The van der Waals surface area contributed by atoms with Gasteiger partial charge in [0.1, 0.15) is 0 Å². The lowest BCUT2D eigenvalue weighted by Gasteiger charge is -2.14. The third-order valence-corrected chi connectivity index (χ3v) is 2.81. The first-order chi connectivity index (χ1) is 5.75. The quantitative estimate of drug-likeness (QED) is 0.632. The Balaban J connectivity index is 1.90. The number of hydrogen-bond donors (Lipinski definition) is 1. The molecule has 2 aliphatic heterocycles. The van der Waals surface area contributed by atoms with Crippen molar-refractivity contribution in [1.82, 2.24) is 0 Å². The highest BCUT2D eigenvalue weighted by Gasteiger charge is 2.39. The molecule has 68 valence electrons. The minimum Gasteiger partial charge on any atom is -0.374 e. The standard InChI is InChI=1S/C10H17NO/c1-7(11)2-3-8-6-9-4-5-10(8)12-9/h2-3,7-10H,4-6,11H2,1H3/b3-2+. The van der Waals surface area contributed by atoms with Gasteiger partial charge in [0.05, 0.1) is 12.2 Å². The molecule has 2 bridgehead atoms. The van der Waals surface area contributed by atoms with Crippen molar-refractivity contribution < 1.29 is 4.74 Å². The first kappa shape index (κ1) is 8.27. The summed E-state index contributed by atoms with van der Waals surface area (Å²) in [5.74, 6) is 0.648. The fourth-order valence-corrected chi connectivity index (χ4v) is 2.20. The highest BCUT2D eigenvalue weighted by molar-refractivity contribution is 5.02. The largest absolute Gasteiger partial charge is 0.374 e. The number of rotatable bonds is 2. The molecule has 0 aromatic rings. The molecule has 12 heavy (non-hydrogen) atoms. The second kappa shape index (κ2) is 3.19. The zero-order valence-corrected chi connectivity index (χ0v) is 7.57. The first-order valence-corrected chi connectivity index (χ1v) is 4.85. The topological polar surface area (TPSA) is 35.2 Å². The van der Waals surface area contributed by atoms with Crippen molar-refractivity contribution in [3.05, 3.63) is 12.2 Å². The van der Waals surface area contributed by atoms with E-state index in [4.69, 9.17) is 10.5 Å². The summed E-state index contributed by atoms with van der Waals surface area (Å²) in [4.78, 5) is 0. The molecule has 4 unspecified atom stereocenters. The van der Waals surface area contributed by atoms with E-state index in [1.54, 1.807) is 0 Å². The predicted molar refractivity (Wildman–Crippen MR) is 48.8 cm³/mol. The van der Waals surface area contributed by atoms with E-state index in [1.165, 1.54) is 19.3 Å². The van der Waals surface area contributed by atoms with Gasteiger partial charge >= 0.3 is 0 Å². The van der Waals surface area contributed by atoms with E-state index >= 15 is 0 Å². The average Bonchev–Trinajstić information content (AvgIpc) is 2.60. The Morgan fingerprint density at radius 1 is 1.50 bits per heavy atom. The van der Waals surface area contributed by atoms with Gasteiger partial charge in [-0.05, 0) is 26.2 Å². The minimum atomic E-state index is 0.184. The first-order valence-electron chi connectivity index (χ1n) is 4.85. The molecule has 0 spiro atoms. The molecule has 2 fully saturated rings. The van der Waals surface area contributed by atoms with Crippen molar-refractivity contribution in [3.8, 4) is 0 Å². The summed E-state index contributed by atoms with van der Waals surface area (Å²) in [5.41, 5.74) is 5.64. The minimum absolute atomic E-state index is 0.184. The van der Waals surface area contributed by atoms with Crippen molar-refractivity contribution in [2.45, 2.75) is 44.4 Å². The third-order valence-electron chi connectivity index (χ3n) is 2.81. The second-order valence-corrected chi connectivity index (χ2v) is 4.02. The van der Waals surface area contributed by atoms with Crippen molar-refractivity contribution in [3.63, 3.8) is 0 Å². The molecule has 0 amide bonds. The van der Waals surface area contributed by atoms with Crippen LogP contribution in [0.4, 0.5) is 0 Å². The van der Waals surface area contributed by atoms with Crippen molar-refractivity contribution >= 4 is 0 Å². The Kier molecular flexibility index (Phi) is 2.20. The van der Waals surface area contributed by atoms with E-state index < -0.39 is 0 Å². The molecule has 0 radical (unpaired) electrons. The highest BCUT2D eigenvalue weighted by atomic mass is 16.5. The molecule has 2 nitrogen and oxygen atoms in total. The van der Waals surface area contributed by atoms with Crippen LogP contribution in [0.15, 0.2) is 12.2 Å². The monoisotopic (exact) mass is 167 g/mol. The zero-order valence-electron chi connectivity index (χ0n) is 7.57. The van der Waals surface area contributed by atoms with Gasteiger partial charge in [-0.3, -0.25) is 0 Å². The Morgan fingerprint density at radius 3 is 2.83 bits per heavy atom. The second-order valence-electron chi connectivity index (χ2n) is 4.02. The molecule has 2 heterocycles. The van der Waals surface area contributed by atoms with Crippen LogP contribution in [0.3, 0.4) is 0 Å². The summed E-state index contributed by atoms with van der Waals surface area (Å²) >= 11 is 0. The molecule has 2 saturated heterocycles. The molecule has 2 rings (SSSR count). The van der Waals surface area contributed by atoms with Crippen LogP contribution in [-0.2, 0) is 4.74 Å². The summed E-state index contributed by atoms with van der Waals surface area (Å²) < 4.78 is 5.73. The molecule has 2 heteroatoms. The number of ether oxygens (including phenoxy) is 1. The van der Waals surface area contributed by atoms with Crippen LogP contribution in [0.5, 0.6) is 0 Å². The summed E-state index contributed by atoms with van der Waals surface area (Å²) in [5, 5.41) is 0. The summed E-state index contributed by atoms with van der Waals surface area (Å²) in [6, 6.07) is 0.184. The van der Waals surface area contributed by atoms with E-state index in [-0.39, 0.29) is 6.04 Å². The number of nitrogens with two attached hydrogens (primary N) is 1. The van der Waals surface area contributed by atoms with Gasteiger partial charge in [0.2, 0.25) is 0 Å². The molecule has 2 aliphatic rings. The van der Waals surface area contributed by atoms with Crippen molar-refractivity contribution in [2.75, 3.05) is 0 Å². The molecule has 0 aliphatic carbocycles. The van der Waals surface area contributed by atoms with Gasteiger partial charge in [-0.1, -0.05) is 12.2 Å². The van der Waals surface area contributed by atoms with Crippen molar-refractivity contribution in [1.29, 1.82) is 0 Å². The van der Waals surface area contributed by atoms with Gasteiger partial charge in [0.25, 0.3) is 0 Å². The Bertz CT molecular complexity index is 188. The van der Waals surface area contributed by atoms with Gasteiger partial charge in [0, 0.05) is 12.0 Å². The summed E-state index contributed by atoms with van der Waals surface area (Å²) in [6.45, 7) is 2.00. The van der Waals surface area contributed by atoms with E-state index in [0.717, 1.165) is 0 Å². The van der Waals surface area contributed by atoms with Crippen LogP contribution in [0, 0.1) is 5.92 Å². The van der Waals surface area contributed by atoms with E-state index in [9.17, 15) is 0 Å². The molecule has 2 N–H and O–H groups in total. The Morgan fingerprint density at radius 2 is 2.33 bits per heavy atom. The zero-order chi connectivity index (χ0) is 8.55. The smallest absolute Gasteiger partial charge is 0.0643 e. The lowest BCUT2D eigenvalue weighted by molar-refractivity contribution is 0.0978. The number of hydrogen-bond acceptors (Lipinski definition) is 2. The fourth-order valence-electron chi connectivity index (χ4n) is 2.20. The van der Waals surface area contributed by atoms with Crippen LogP contribution in [-0.4, -0.2) is 18.2 Å². The van der Waals surface area contributed by atoms with Crippen LogP contribution < -0.4 is 5.73 Å². The summed E-state index contributed by atoms with van der Waals surface area (Å²) in [6.07, 6.45) is 9.13. The molecule has 0 saturated carbocycles. The molecular formula is C10H17NO. The number of fused-ring (bicyclic) bond motifs is 2. The SMILES string of the molecule is CC(N)/C=C/C1CC2CCC1O2. The maximum absolute atomic E-state index is 5.73. The molecule has 0 aromatic heterocycles. The van der Waals surface area contributed by atoms with Crippen LogP contribution in [0.2, 0.25) is 0 Å². The van der Waals surface area contributed by atoms with Crippen LogP contribution >= 0.6 is 0 Å². The summed E-state index contributed by atoms with van der Waals surface area (Å²) in [7, 11) is 0. The molecule has 0 aromatic carbocycles. The van der Waals surface area contributed by atoms with Gasteiger partial charge < -0.3 is 10.5 Å². The van der Waals surface area contributed by atoms with Crippen molar-refractivity contribution in [2.24, 2.45) is 11.7 Å². The Labute approximate surface area is 73.8 Å². The van der Waals surface area contributed by atoms with Crippen LogP contribution in [0.25, 0.3) is 0 Å². The molecule has 4 atom stereocenters. The Hall–Kier alpha value is -0.340. The van der Waals surface area contributed by atoms with Gasteiger partial charge in [-0.2, -0.15) is 0 Å². The van der Waals surface area contributed by atoms with E-state index in [2.05, 4.69) is 12.2 Å². The third kappa shape index (κ3) is 1.54. The highest BCUT2D eigenvalue weighted by Crippen LogP contribution is 2.39. The van der Waals surface area contributed by atoms with Gasteiger partial charge in [0.15, 0.2) is 0 Å². The maximum atomic E-state index is 5.73. The average molecular weight is 167 g/mol. The van der Waals surface area contributed by atoms with Gasteiger partial charge in [-0.25, -0.2) is 0 Å². The fraction of sp³-hybridized carbons (Fsp3) is 0.800. The normalized spacial score (nSPS) is 42.7. The van der Waals surface area contributed by atoms with E-state index in [0.29, 0.717) is 18.1 Å². The predicted octanol–water partition coefficient (Wildman–Crippen LogP) is 1.46. The van der Waals surface area contributed by atoms with Crippen LogP contribution in [0.1, 0.15) is 26.2 Å². The lowest BCUT2D eigenvalue weighted by atomic mass is 9.89. The van der Waals surface area contributed by atoms with Gasteiger partial charge in [-0.15, -0.1) is 0 Å². The maximum Gasteiger partial charge on any atom is 0.0643 e. The van der Waals surface area contributed by atoms with E-state index in [1.807, 2.05) is 6.92 Å². The molecular weight excluding hydrogens is 150 g/mol. The lowest BCUT2D eigenvalue weighted by Crippen LogP contribution is -2.16.